The van der Waals surface area contributed by atoms with E-state index in [9.17, 15) is 14.7 Å². The number of imide groups is 1. The van der Waals surface area contributed by atoms with Crippen LogP contribution in [-0.2, 0) is 11.3 Å². The second-order valence-electron chi connectivity index (χ2n) is 6.34. The zero-order chi connectivity index (χ0) is 21.4. The number of phenolic OH excluding ortho intramolecular Hbond substituents is 1. The number of hydrogen-bond donors (Lipinski definition) is 1. The van der Waals surface area contributed by atoms with Crippen LogP contribution in [0.25, 0.3) is 6.08 Å². The number of methoxy groups -OCH3 is 2. The Hall–Kier alpha value is -3.04. The summed E-state index contributed by atoms with van der Waals surface area (Å²) in [6.45, 7) is 0.0959. The fourth-order valence-corrected chi connectivity index (χ4v) is 4.09. The number of amides is 2. The fraction of sp³-hybridized carbons (Fsp3) is 0.200. The standard InChI is InChI=1S/C20H16ClNO7S/c1-26-15-3-10(4-16(27-2)18(15)23)5-17-19(24)22(20(25)30-17)8-11-6-13-14(7-12(11)21)29-9-28-13/h3-7,23H,8-9H2,1-2H3/b17-5-. The van der Waals surface area contributed by atoms with E-state index >= 15 is 0 Å². The Labute approximate surface area is 180 Å². The molecule has 2 aromatic rings. The third-order valence-corrected chi connectivity index (χ3v) is 5.80. The molecule has 4 rings (SSSR count). The highest BCUT2D eigenvalue weighted by Crippen LogP contribution is 2.41. The molecule has 2 aliphatic heterocycles. The van der Waals surface area contributed by atoms with Crippen molar-refractivity contribution in [2.75, 3.05) is 21.0 Å². The number of rotatable bonds is 5. The maximum Gasteiger partial charge on any atom is 0.293 e. The van der Waals surface area contributed by atoms with Gasteiger partial charge in [-0.3, -0.25) is 14.5 Å². The maximum atomic E-state index is 12.9. The van der Waals surface area contributed by atoms with Gasteiger partial charge in [-0.1, -0.05) is 11.6 Å². The van der Waals surface area contributed by atoms with Crippen LogP contribution in [0.2, 0.25) is 5.02 Å². The summed E-state index contributed by atoms with van der Waals surface area (Å²) in [6.07, 6.45) is 1.54. The van der Waals surface area contributed by atoms with Crippen molar-refractivity contribution in [3.63, 3.8) is 0 Å². The third kappa shape index (κ3) is 3.61. The van der Waals surface area contributed by atoms with E-state index in [1.807, 2.05) is 0 Å². The molecule has 0 saturated carbocycles. The molecule has 1 saturated heterocycles. The lowest BCUT2D eigenvalue weighted by atomic mass is 10.1. The zero-order valence-corrected chi connectivity index (χ0v) is 17.5. The van der Waals surface area contributed by atoms with Gasteiger partial charge in [0, 0.05) is 11.1 Å². The van der Waals surface area contributed by atoms with E-state index in [1.54, 1.807) is 24.3 Å². The molecule has 2 heterocycles. The van der Waals surface area contributed by atoms with Gasteiger partial charge in [0.15, 0.2) is 23.0 Å². The molecule has 10 heteroatoms. The molecule has 2 aromatic carbocycles. The van der Waals surface area contributed by atoms with E-state index < -0.39 is 11.1 Å². The molecule has 1 N–H and O–H groups in total. The Bertz CT molecular complexity index is 1060. The normalized spacial score (nSPS) is 16.5. The average Bonchev–Trinajstić information content (AvgIpc) is 3.28. The molecule has 0 unspecified atom stereocenters. The number of aromatic hydroxyl groups is 1. The molecule has 156 valence electrons. The van der Waals surface area contributed by atoms with Crippen LogP contribution >= 0.6 is 23.4 Å². The molecule has 0 aliphatic carbocycles. The van der Waals surface area contributed by atoms with E-state index in [2.05, 4.69) is 0 Å². The second kappa shape index (κ2) is 8.00. The quantitative estimate of drug-likeness (QED) is 0.684. The Morgan fingerprint density at radius 3 is 2.40 bits per heavy atom. The number of phenols is 1. The lowest BCUT2D eigenvalue weighted by Crippen LogP contribution is -2.27. The van der Waals surface area contributed by atoms with Crippen LogP contribution in [0.5, 0.6) is 28.7 Å². The number of ether oxygens (including phenoxy) is 4. The van der Waals surface area contributed by atoms with Crippen LogP contribution in [0.15, 0.2) is 29.2 Å². The van der Waals surface area contributed by atoms with Crippen molar-refractivity contribution in [2.24, 2.45) is 0 Å². The predicted octanol–water partition coefficient (Wildman–Crippen LogP) is 4.03. The predicted molar refractivity (Wildman–Crippen MR) is 110 cm³/mol. The summed E-state index contributed by atoms with van der Waals surface area (Å²) < 4.78 is 20.9. The molecular formula is C20H16ClNO7S. The van der Waals surface area contributed by atoms with Crippen molar-refractivity contribution >= 4 is 40.6 Å². The van der Waals surface area contributed by atoms with Crippen LogP contribution in [-0.4, -0.2) is 42.2 Å². The first-order valence-electron chi connectivity index (χ1n) is 8.69. The highest BCUT2D eigenvalue weighted by Gasteiger charge is 2.36. The molecule has 30 heavy (non-hydrogen) atoms. The molecule has 0 bridgehead atoms. The van der Waals surface area contributed by atoms with E-state index in [1.165, 1.54) is 20.3 Å². The van der Waals surface area contributed by atoms with E-state index in [-0.39, 0.29) is 35.5 Å². The van der Waals surface area contributed by atoms with Crippen molar-refractivity contribution in [3.8, 4) is 28.7 Å². The summed E-state index contributed by atoms with van der Waals surface area (Å²) in [4.78, 5) is 26.7. The number of carbonyl (C=O) groups excluding carboxylic acids is 2. The van der Waals surface area contributed by atoms with Gasteiger partial charge in [0.1, 0.15) is 0 Å². The first-order chi connectivity index (χ1) is 14.4. The van der Waals surface area contributed by atoms with E-state index in [4.69, 9.17) is 30.5 Å². The molecule has 1 fully saturated rings. The number of carbonyl (C=O) groups is 2. The number of nitrogens with zero attached hydrogens (tertiary/aromatic N) is 1. The van der Waals surface area contributed by atoms with Gasteiger partial charge < -0.3 is 24.1 Å². The van der Waals surface area contributed by atoms with Crippen molar-refractivity contribution in [2.45, 2.75) is 6.54 Å². The minimum atomic E-state index is -0.454. The Balaban J connectivity index is 1.61. The second-order valence-corrected chi connectivity index (χ2v) is 7.74. The Morgan fingerprint density at radius 2 is 1.77 bits per heavy atom. The molecule has 2 aliphatic rings. The van der Waals surface area contributed by atoms with Gasteiger partial charge in [-0.2, -0.15) is 0 Å². The largest absolute Gasteiger partial charge is 0.502 e. The maximum absolute atomic E-state index is 12.9. The Morgan fingerprint density at radius 1 is 1.13 bits per heavy atom. The van der Waals surface area contributed by atoms with Crippen LogP contribution in [0.1, 0.15) is 11.1 Å². The van der Waals surface area contributed by atoms with Crippen LogP contribution in [0.4, 0.5) is 4.79 Å². The molecule has 2 amide bonds. The zero-order valence-electron chi connectivity index (χ0n) is 15.9. The summed E-state index contributed by atoms with van der Waals surface area (Å²) in [7, 11) is 2.81. The summed E-state index contributed by atoms with van der Waals surface area (Å²) >= 11 is 7.09. The number of hydrogen-bond acceptors (Lipinski definition) is 8. The van der Waals surface area contributed by atoms with E-state index in [0.29, 0.717) is 27.6 Å². The molecule has 0 radical (unpaired) electrons. The molecule has 0 atom stereocenters. The topological polar surface area (TPSA) is 94.5 Å². The van der Waals surface area contributed by atoms with Crippen molar-refractivity contribution < 1.29 is 33.6 Å². The minimum absolute atomic E-state index is 0.000298. The monoisotopic (exact) mass is 449 g/mol. The highest BCUT2D eigenvalue weighted by atomic mass is 35.5. The van der Waals surface area contributed by atoms with Crippen molar-refractivity contribution in [3.05, 3.63) is 45.3 Å². The van der Waals surface area contributed by atoms with Crippen LogP contribution in [0, 0.1) is 0 Å². The first kappa shape index (κ1) is 20.2. The van der Waals surface area contributed by atoms with Gasteiger partial charge in [-0.15, -0.1) is 0 Å². The summed E-state index contributed by atoms with van der Waals surface area (Å²) in [5.74, 6) is 0.805. The highest BCUT2D eigenvalue weighted by molar-refractivity contribution is 8.18. The summed E-state index contributed by atoms with van der Waals surface area (Å²) in [5, 5.41) is 9.98. The lowest BCUT2D eigenvalue weighted by Gasteiger charge is -2.14. The first-order valence-corrected chi connectivity index (χ1v) is 9.89. The lowest BCUT2D eigenvalue weighted by molar-refractivity contribution is -0.123. The summed E-state index contributed by atoms with van der Waals surface area (Å²) in [6, 6.07) is 6.34. The average molecular weight is 450 g/mol. The van der Waals surface area contributed by atoms with Crippen molar-refractivity contribution in [1.82, 2.24) is 4.90 Å². The molecule has 0 spiro atoms. The van der Waals surface area contributed by atoms with Gasteiger partial charge in [-0.05, 0) is 47.2 Å². The Kier molecular flexibility index (Phi) is 5.40. The number of benzene rings is 2. The third-order valence-electron chi connectivity index (χ3n) is 4.54. The molecule has 8 nitrogen and oxygen atoms in total. The van der Waals surface area contributed by atoms with E-state index in [0.717, 1.165) is 16.7 Å². The fourth-order valence-electron chi connectivity index (χ4n) is 3.04. The van der Waals surface area contributed by atoms with Gasteiger partial charge in [0.25, 0.3) is 11.1 Å². The SMILES string of the molecule is COc1cc(/C=C2\SC(=O)N(Cc3cc4c(cc3Cl)OCO4)C2=O)cc(OC)c1O. The van der Waals surface area contributed by atoms with Gasteiger partial charge in [-0.25, -0.2) is 0 Å². The molecule has 0 aromatic heterocycles. The van der Waals surface area contributed by atoms with Gasteiger partial charge in [0.05, 0.1) is 25.7 Å². The van der Waals surface area contributed by atoms with Crippen molar-refractivity contribution in [1.29, 1.82) is 0 Å². The van der Waals surface area contributed by atoms with Crippen LogP contribution < -0.4 is 18.9 Å². The molecular weight excluding hydrogens is 434 g/mol. The minimum Gasteiger partial charge on any atom is -0.502 e. The number of thioether (sulfide) groups is 1. The number of fused-ring (bicyclic) bond motifs is 1. The van der Waals surface area contributed by atoms with Gasteiger partial charge >= 0.3 is 0 Å². The van der Waals surface area contributed by atoms with Gasteiger partial charge in [0.2, 0.25) is 12.5 Å². The summed E-state index contributed by atoms with van der Waals surface area (Å²) in [5.41, 5.74) is 1.10. The van der Waals surface area contributed by atoms with Crippen LogP contribution in [0.3, 0.4) is 0 Å². The smallest absolute Gasteiger partial charge is 0.293 e. The number of halogens is 1.